The Morgan fingerprint density at radius 1 is 1.32 bits per heavy atom. The van der Waals surface area contributed by atoms with Gasteiger partial charge in [0.1, 0.15) is 0 Å². The van der Waals surface area contributed by atoms with Gasteiger partial charge < -0.3 is 15.8 Å². The van der Waals surface area contributed by atoms with Crippen molar-refractivity contribution in [2.24, 2.45) is 23.5 Å². The highest BCUT2D eigenvalue weighted by atomic mass is 16.5. The lowest BCUT2D eigenvalue weighted by Gasteiger charge is -2.19. The summed E-state index contributed by atoms with van der Waals surface area (Å²) in [5, 5.41) is 2.85. The Balaban J connectivity index is 2.35. The van der Waals surface area contributed by atoms with Crippen molar-refractivity contribution in [1.29, 1.82) is 0 Å². The number of ether oxygens (including phenoxy) is 1. The van der Waals surface area contributed by atoms with Crippen molar-refractivity contribution in [3.63, 3.8) is 0 Å². The minimum absolute atomic E-state index is 0.0123. The third-order valence-corrected chi connectivity index (χ3v) is 3.64. The Labute approximate surface area is 115 Å². The molecule has 0 bridgehead atoms. The van der Waals surface area contributed by atoms with Crippen LogP contribution >= 0.6 is 0 Å². The van der Waals surface area contributed by atoms with Gasteiger partial charge in [0.05, 0.1) is 12.0 Å². The SMILES string of the molecule is CC(C)OC(=O)C(C)CNC(=O)[C@@H]1CCC[C@@H]1CN. The summed E-state index contributed by atoms with van der Waals surface area (Å²) in [5.74, 6) is -0.255. The fraction of sp³-hybridized carbons (Fsp3) is 0.857. The van der Waals surface area contributed by atoms with Gasteiger partial charge in [-0.1, -0.05) is 13.3 Å². The van der Waals surface area contributed by atoms with Crippen LogP contribution < -0.4 is 11.1 Å². The lowest BCUT2D eigenvalue weighted by atomic mass is 9.95. The Bertz CT molecular complexity index is 318. The summed E-state index contributed by atoms with van der Waals surface area (Å²) in [5.41, 5.74) is 5.67. The maximum Gasteiger partial charge on any atom is 0.310 e. The summed E-state index contributed by atoms with van der Waals surface area (Å²) in [6, 6.07) is 0. The van der Waals surface area contributed by atoms with Crippen LogP contribution in [0.4, 0.5) is 0 Å². The zero-order valence-corrected chi connectivity index (χ0v) is 12.1. The summed E-state index contributed by atoms with van der Waals surface area (Å²) in [6.45, 7) is 6.28. The van der Waals surface area contributed by atoms with Gasteiger partial charge >= 0.3 is 5.97 Å². The van der Waals surface area contributed by atoms with Crippen molar-refractivity contribution in [3.05, 3.63) is 0 Å². The van der Waals surface area contributed by atoms with Crippen molar-refractivity contribution >= 4 is 11.9 Å². The number of hydrogen-bond acceptors (Lipinski definition) is 4. The summed E-state index contributed by atoms with van der Waals surface area (Å²) in [4.78, 5) is 23.7. The molecule has 5 heteroatoms. The molecule has 1 aliphatic carbocycles. The van der Waals surface area contributed by atoms with Gasteiger partial charge in [-0.05, 0) is 39.2 Å². The smallest absolute Gasteiger partial charge is 0.310 e. The van der Waals surface area contributed by atoms with Crippen molar-refractivity contribution in [2.45, 2.75) is 46.1 Å². The Morgan fingerprint density at radius 2 is 2.00 bits per heavy atom. The van der Waals surface area contributed by atoms with Crippen LogP contribution in [0.25, 0.3) is 0 Å². The van der Waals surface area contributed by atoms with Gasteiger partial charge in [0.25, 0.3) is 0 Å². The fourth-order valence-corrected chi connectivity index (χ4v) is 2.48. The highest BCUT2D eigenvalue weighted by molar-refractivity contribution is 5.80. The second-order valence-electron chi connectivity index (χ2n) is 5.67. The van der Waals surface area contributed by atoms with Gasteiger partial charge in [0.15, 0.2) is 0 Å². The van der Waals surface area contributed by atoms with Gasteiger partial charge in [-0.3, -0.25) is 9.59 Å². The fourth-order valence-electron chi connectivity index (χ4n) is 2.48. The van der Waals surface area contributed by atoms with E-state index in [1.165, 1.54) is 0 Å². The molecule has 19 heavy (non-hydrogen) atoms. The third-order valence-electron chi connectivity index (χ3n) is 3.64. The first kappa shape index (κ1) is 16.0. The molecule has 0 heterocycles. The van der Waals surface area contributed by atoms with Crippen LogP contribution in [0.1, 0.15) is 40.0 Å². The van der Waals surface area contributed by atoms with Crippen molar-refractivity contribution in [2.75, 3.05) is 13.1 Å². The number of carbonyl (C=O) groups is 2. The van der Waals surface area contributed by atoms with Crippen molar-refractivity contribution in [3.8, 4) is 0 Å². The van der Waals surface area contributed by atoms with Crippen molar-refractivity contribution in [1.82, 2.24) is 5.32 Å². The highest BCUT2D eigenvalue weighted by Gasteiger charge is 2.32. The molecular formula is C14H26N2O3. The van der Waals surface area contributed by atoms with Crippen LogP contribution in [0.15, 0.2) is 0 Å². The van der Waals surface area contributed by atoms with E-state index in [9.17, 15) is 9.59 Å². The molecule has 0 spiro atoms. The molecule has 1 rings (SSSR count). The Kier molecular flexibility index (Phi) is 6.28. The zero-order chi connectivity index (χ0) is 14.4. The maximum atomic E-state index is 12.0. The summed E-state index contributed by atoms with van der Waals surface area (Å²) in [7, 11) is 0. The normalized spacial score (nSPS) is 24.3. The van der Waals surface area contributed by atoms with E-state index in [4.69, 9.17) is 10.5 Å². The van der Waals surface area contributed by atoms with Gasteiger partial charge in [-0.15, -0.1) is 0 Å². The Hall–Kier alpha value is -1.10. The number of nitrogens with one attached hydrogen (secondary N) is 1. The first-order chi connectivity index (χ1) is 8.95. The predicted octanol–water partition coefficient (Wildman–Crippen LogP) is 1.07. The van der Waals surface area contributed by atoms with Crippen LogP contribution in [0.5, 0.6) is 0 Å². The summed E-state index contributed by atoms with van der Waals surface area (Å²) in [6.07, 6.45) is 2.87. The minimum atomic E-state index is -0.316. The maximum absolute atomic E-state index is 12.0. The van der Waals surface area contributed by atoms with E-state index in [-0.39, 0.29) is 35.7 Å². The van der Waals surface area contributed by atoms with Crippen LogP contribution in [0, 0.1) is 17.8 Å². The number of amides is 1. The number of hydrogen-bond donors (Lipinski definition) is 2. The first-order valence-electron chi connectivity index (χ1n) is 7.14. The molecular weight excluding hydrogens is 244 g/mol. The van der Waals surface area contributed by atoms with Crippen LogP contribution in [0.3, 0.4) is 0 Å². The zero-order valence-electron chi connectivity index (χ0n) is 12.1. The molecule has 0 aliphatic heterocycles. The molecule has 0 saturated heterocycles. The molecule has 0 aromatic carbocycles. The number of rotatable bonds is 6. The van der Waals surface area contributed by atoms with Crippen LogP contribution in [-0.4, -0.2) is 31.1 Å². The van der Waals surface area contributed by atoms with Gasteiger partial charge in [0.2, 0.25) is 5.91 Å². The third kappa shape index (κ3) is 4.82. The van der Waals surface area contributed by atoms with Crippen LogP contribution in [-0.2, 0) is 14.3 Å². The Morgan fingerprint density at radius 3 is 2.58 bits per heavy atom. The standard InChI is InChI=1S/C14H26N2O3/c1-9(2)19-14(18)10(3)8-16-13(17)12-6-4-5-11(12)7-15/h9-12H,4-8,15H2,1-3H3,(H,16,17)/t10?,11-,12-/m1/s1. The molecule has 1 amide bonds. The molecule has 1 saturated carbocycles. The monoisotopic (exact) mass is 270 g/mol. The molecule has 1 unspecified atom stereocenters. The lowest BCUT2D eigenvalue weighted by molar-refractivity contribution is -0.151. The van der Waals surface area contributed by atoms with E-state index in [2.05, 4.69) is 5.32 Å². The lowest BCUT2D eigenvalue weighted by Crippen LogP contribution is -2.39. The topological polar surface area (TPSA) is 81.4 Å². The molecule has 0 aromatic rings. The second-order valence-corrected chi connectivity index (χ2v) is 5.67. The van der Waals surface area contributed by atoms with E-state index in [0.29, 0.717) is 13.1 Å². The molecule has 3 N–H and O–H groups in total. The number of carbonyl (C=O) groups excluding carboxylic acids is 2. The van der Waals surface area contributed by atoms with Gasteiger partial charge in [-0.2, -0.15) is 0 Å². The molecule has 0 radical (unpaired) electrons. The highest BCUT2D eigenvalue weighted by Crippen LogP contribution is 2.30. The predicted molar refractivity (Wildman–Crippen MR) is 73.3 cm³/mol. The average Bonchev–Trinajstić information content (AvgIpc) is 2.82. The van der Waals surface area contributed by atoms with E-state index in [1.807, 2.05) is 13.8 Å². The van der Waals surface area contributed by atoms with Crippen molar-refractivity contribution < 1.29 is 14.3 Å². The largest absolute Gasteiger partial charge is 0.463 e. The van der Waals surface area contributed by atoms with Crippen LogP contribution in [0.2, 0.25) is 0 Å². The first-order valence-corrected chi connectivity index (χ1v) is 7.14. The van der Waals surface area contributed by atoms with Gasteiger partial charge in [0, 0.05) is 12.5 Å². The van der Waals surface area contributed by atoms with Gasteiger partial charge in [-0.25, -0.2) is 0 Å². The molecule has 1 aliphatic rings. The summed E-state index contributed by atoms with van der Waals surface area (Å²) >= 11 is 0. The number of esters is 1. The summed E-state index contributed by atoms with van der Waals surface area (Å²) < 4.78 is 5.10. The molecule has 3 atom stereocenters. The quantitative estimate of drug-likeness (QED) is 0.707. The van der Waals surface area contributed by atoms with E-state index in [0.717, 1.165) is 19.3 Å². The molecule has 0 aromatic heterocycles. The molecule has 1 fully saturated rings. The minimum Gasteiger partial charge on any atom is -0.463 e. The van der Waals surface area contributed by atoms with E-state index >= 15 is 0 Å². The number of nitrogens with two attached hydrogens (primary N) is 1. The molecule has 110 valence electrons. The van der Waals surface area contributed by atoms with E-state index < -0.39 is 0 Å². The van der Waals surface area contributed by atoms with E-state index in [1.54, 1.807) is 6.92 Å². The second kappa shape index (κ2) is 7.48. The average molecular weight is 270 g/mol. The molecule has 5 nitrogen and oxygen atoms in total.